The molecule has 1 heterocycles. The van der Waals surface area contributed by atoms with E-state index in [4.69, 9.17) is 9.15 Å². The van der Waals surface area contributed by atoms with Gasteiger partial charge in [-0.2, -0.15) is 0 Å². The molecule has 25 heavy (non-hydrogen) atoms. The summed E-state index contributed by atoms with van der Waals surface area (Å²) in [6.07, 6.45) is 1.08. The largest absolute Gasteiger partial charge is 0.465 e. The van der Waals surface area contributed by atoms with Gasteiger partial charge in [-0.1, -0.05) is 6.07 Å². The van der Waals surface area contributed by atoms with Gasteiger partial charge in [0.15, 0.2) is 16.4 Å². The highest BCUT2D eigenvalue weighted by atomic mass is 32.2. The van der Waals surface area contributed by atoms with Gasteiger partial charge in [0.25, 0.3) is 5.91 Å². The van der Waals surface area contributed by atoms with Crippen molar-refractivity contribution in [3.05, 3.63) is 46.9 Å². The zero-order valence-corrected chi connectivity index (χ0v) is 15.2. The summed E-state index contributed by atoms with van der Waals surface area (Å²) in [5.74, 6) is -0.172. The lowest BCUT2D eigenvalue weighted by atomic mass is 10.1. The fourth-order valence-electron chi connectivity index (χ4n) is 2.30. The van der Waals surface area contributed by atoms with Crippen molar-refractivity contribution in [2.75, 3.05) is 18.2 Å². The van der Waals surface area contributed by atoms with Crippen LogP contribution in [-0.2, 0) is 19.4 Å². The molecule has 0 unspecified atom stereocenters. The third-order valence-corrected chi connectivity index (χ3v) is 4.76. The number of hydrogen-bond acceptors (Lipinski definition) is 6. The smallest absolute Gasteiger partial charge is 0.342 e. The van der Waals surface area contributed by atoms with Crippen molar-refractivity contribution in [2.45, 2.75) is 25.7 Å². The van der Waals surface area contributed by atoms with Crippen LogP contribution in [0.4, 0.5) is 5.69 Å². The zero-order valence-electron chi connectivity index (χ0n) is 14.4. The highest BCUT2D eigenvalue weighted by Gasteiger charge is 2.20. The fraction of sp³-hybridized carbons (Fsp3) is 0.294. The SMILES string of the molecule is Cc1oc(C)c(C(=O)OCC(=O)Nc2cccc(S(C)(=O)=O)c2)c1C. The number of esters is 1. The van der Waals surface area contributed by atoms with Crippen LogP contribution in [0.1, 0.15) is 27.4 Å². The summed E-state index contributed by atoms with van der Waals surface area (Å²) in [7, 11) is -3.38. The van der Waals surface area contributed by atoms with Crippen LogP contribution in [0.3, 0.4) is 0 Å². The molecule has 0 atom stereocenters. The van der Waals surface area contributed by atoms with Crippen LogP contribution in [0.15, 0.2) is 33.6 Å². The molecule has 134 valence electrons. The third kappa shape index (κ3) is 4.48. The number of carbonyl (C=O) groups is 2. The number of ether oxygens (including phenoxy) is 1. The first-order chi connectivity index (χ1) is 11.6. The summed E-state index contributed by atoms with van der Waals surface area (Å²) < 4.78 is 33.4. The van der Waals surface area contributed by atoms with Crippen LogP contribution < -0.4 is 5.32 Å². The Morgan fingerprint density at radius 3 is 2.40 bits per heavy atom. The van der Waals surface area contributed by atoms with E-state index in [2.05, 4.69) is 5.32 Å². The van der Waals surface area contributed by atoms with Crippen LogP contribution >= 0.6 is 0 Å². The van der Waals surface area contributed by atoms with Gasteiger partial charge in [-0.25, -0.2) is 13.2 Å². The maximum Gasteiger partial charge on any atom is 0.342 e. The van der Waals surface area contributed by atoms with Crippen LogP contribution in [0, 0.1) is 20.8 Å². The second-order valence-corrected chi connectivity index (χ2v) is 7.65. The molecule has 1 aromatic carbocycles. The Hall–Kier alpha value is -2.61. The number of furan rings is 1. The van der Waals surface area contributed by atoms with Gasteiger partial charge in [0.2, 0.25) is 0 Å². The Morgan fingerprint density at radius 1 is 1.16 bits per heavy atom. The quantitative estimate of drug-likeness (QED) is 0.816. The van der Waals surface area contributed by atoms with E-state index in [9.17, 15) is 18.0 Å². The predicted molar refractivity (Wildman–Crippen MR) is 91.4 cm³/mol. The van der Waals surface area contributed by atoms with Gasteiger partial charge < -0.3 is 14.5 Å². The van der Waals surface area contributed by atoms with Crippen molar-refractivity contribution in [1.82, 2.24) is 0 Å². The molecule has 7 nitrogen and oxygen atoms in total. The lowest BCUT2D eigenvalue weighted by Crippen LogP contribution is -2.21. The van der Waals surface area contributed by atoms with Gasteiger partial charge in [0.1, 0.15) is 17.1 Å². The molecule has 2 rings (SSSR count). The minimum absolute atomic E-state index is 0.0856. The molecule has 0 aliphatic heterocycles. The van der Waals surface area contributed by atoms with Crippen molar-refractivity contribution in [1.29, 1.82) is 0 Å². The standard InChI is InChI=1S/C17H19NO6S/c1-10-11(2)24-12(3)16(10)17(20)23-9-15(19)18-13-6-5-7-14(8-13)25(4,21)22/h5-8H,9H2,1-4H3,(H,18,19). The number of benzene rings is 1. The topological polar surface area (TPSA) is 103 Å². The summed E-state index contributed by atoms with van der Waals surface area (Å²) in [5, 5.41) is 2.49. The van der Waals surface area contributed by atoms with Crippen LogP contribution in [0.5, 0.6) is 0 Å². The summed E-state index contributed by atoms with van der Waals surface area (Å²) in [5.41, 5.74) is 1.28. The highest BCUT2D eigenvalue weighted by Crippen LogP contribution is 2.21. The number of rotatable bonds is 5. The molecule has 8 heteroatoms. The van der Waals surface area contributed by atoms with E-state index in [0.29, 0.717) is 28.3 Å². The van der Waals surface area contributed by atoms with Crippen molar-refractivity contribution >= 4 is 27.4 Å². The minimum Gasteiger partial charge on any atom is -0.465 e. The molecule has 0 saturated heterocycles. The summed E-state index contributed by atoms with van der Waals surface area (Å²) in [4.78, 5) is 24.1. The normalized spacial score (nSPS) is 11.2. The van der Waals surface area contributed by atoms with E-state index in [-0.39, 0.29) is 4.90 Å². The monoisotopic (exact) mass is 365 g/mol. The van der Waals surface area contributed by atoms with Gasteiger partial charge in [0, 0.05) is 17.5 Å². The lowest BCUT2D eigenvalue weighted by molar-refractivity contribution is -0.119. The second-order valence-electron chi connectivity index (χ2n) is 5.64. The summed E-state index contributed by atoms with van der Waals surface area (Å²) in [6.45, 7) is 4.62. The number of carbonyl (C=O) groups excluding carboxylic acids is 2. The Kier molecular flexibility index (Phi) is 5.32. The fourth-order valence-corrected chi connectivity index (χ4v) is 2.97. The van der Waals surface area contributed by atoms with E-state index < -0.39 is 28.3 Å². The van der Waals surface area contributed by atoms with Crippen molar-refractivity contribution in [3.8, 4) is 0 Å². The molecule has 0 spiro atoms. The maximum atomic E-state index is 12.1. The molecular weight excluding hydrogens is 346 g/mol. The minimum atomic E-state index is -3.38. The summed E-state index contributed by atoms with van der Waals surface area (Å²) in [6, 6.07) is 5.82. The molecule has 1 N–H and O–H groups in total. The number of aryl methyl sites for hydroxylation is 2. The number of anilines is 1. The van der Waals surface area contributed by atoms with E-state index in [1.165, 1.54) is 18.2 Å². The number of sulfone groups is 1. The first-order valence-electron chi connectivity index (χ1n) is 7.43. The second kappa shape index (κ2) is 7.10. The Labute approximate surface area is 145 Å². The van der Waals surface area contributed by atoms with Gasteiger partial charge in [0.05, 0.1) is 4.90 Å². The van der Waals surface area contributed by atoms with E-state index >= 15 is 0 Å². The maximum absolute atomic E-state index is 12.1. The van der Waals surface area contributed by atoms with Crippen molar-refractivity contribution in [2.24, 2.45) is 0 Å². The van der Waals surface area contributed by atoms with Gasteiger partial charge in [-0.05, 0) is 39.0 Å². The molecule has 1 amide bonds. The Morgan fingerprint density at radius 2 is 1.84 bits per heavy atom. The third-order valence-electron chi connectivity index (χ3n) is 3.65. The number of amides is 1. The molecule has 0 saturated carbocycles. The molecule has 0 aliphatic rings. The number of hydrogen-bond donors (Lipinski definition) is 1. The van der Waals surface area contributed by atoms with Gasteiger partial charge >= 0.3 is 5.97 Å². The molecule has 0 radical (unpaired) electrons. The summed E-state index contributed by atoms with van der Waals surface area (Å²) >= 11 is 0. The van der Waals surface area contributed by atoms with Crippen LogP contribution in [0.2, 0.25) is 0 Å². The average Bonchev–Trinajstić information content (AvgIpc) is 2.77. The molecule has 1 aromatic heterocycles. The number of nitrogens with one attached hydrogen (secondary N) is 1. The molecule has 0 fully saturated rings. The molecular formula is C17H19NO6S. The first-order valence-corrected chi connectivity index (χ1v) is 9.32. The Bertz CT molecular complexity index is 927. The Balaban J connectivity index is 2.01. The predicted octanol–water partition coefficient (Wildman–Crippen LogP) is 2.40. The molecule has 0 aliphatic carbocycles. The van der Waals surface area contributed by atoms with E-state index in [1.807, 2.05) is 0 Å². The lowest BCUT2D eigenvalue weighted by Gasteiger charge is -2.08. The van der Waals surface area contributed by atoms with E-state index in [0.717, 1.165) is 6.26 Å². The van der Waals surface area contributed by atoms with Crippen LogP contribution in [-0.4, -0.2) is 33.2 Å². The van der Waals surface area contributed by atoms with Crippen LogP contribution in [0.25, 0.3) is 0 Å². The highest BCUT2D eigenvalue weighted by molar-refractivity contribution is 7.90. The van der Waals surface area contributed by atoms with Crippen molar-refractivity contribution < 1.29 is 27.2 Å². The average molecular weight is 365 g/mol. The zero-order chi connectivity index (χ0) is 18.8. The van der Waals surface area contributed by atoms with Crippen molar-refractivity contribution in [3.63, 3.8) is 0 Å². The van der Waals surface area contributed by atoms with Gasteiger partial charge in [-0.15, -0.1) is 0 Å². The van der Waals surface area contributed by atoms with E-state index in [1.54, 1.807) is 26.8 Å². The van der Waals surface area contributed by atoms with Gasteiger partial charge in [-0.3, -0.25) is 4.79 Å². The molecule has 2 aromatic rings. The molecule has 0 bridgehead atoms. The first kappa shape index (κ1) is 18.7.